The van der Waals surface area contributed by atoms with Crippen molar-refractivity contribution in [3.8, 4) is 0 Å². The Morgan fingerprint density at radius 1 is 1.17 bits per heavy atom. The van der Waals surface area contributed by atoms with Gasteiger partial charge in [0.1, 0.15) is 11.7 Å². The van der Waals surface area contributed by atoms with Crippen LogP contribution >= 0.6 is 0 Å². The van der Waals surface area contributed by atoms with Gasteiger partial charge in [0.25, 0.3) is 0 Å². The minimum Gasteiger partial charge on any atom is -0.473 e. The number of carbonyl (C=O) groups is 3. The van der Waals surface area contributed by atoms with Crippen molar-refractivity contribution >= 4 is 17.9 Å². The van der Waals surface area contributed by atoms with Gasteiger partial charge in [0.05, 0.1) is 5.92 Å². The van der Waals surface area contributed by atoms with Gasteiger partial charge in [-0.1, -0.05) is 26.7 Å². The molecular weight excluding hydrogens is 320 g/mol. The first kappa shape index (κ1) is 22.3. The molecule has 8 heteroatoms. The number of carboxylic acids is 1. The zero-order valence-electron chi connectivity index (χ0n) is 15.0. The molecule has 24 heavy (non-hydrogen) atoms. The third-order valence-corrected chi connectivity index (χ3v) is 3.37. The summed E-state index contributed by atoms with van der Waals surface area (Å²) in [5.74, 6) is -3.74. The fourth-order valence-electron chi connectivity index (χ4n) is 2.15. The molecule has 0 aliphatic heterocycles. The van der Waals surface area contributed by atoms with E-state index < -0.39 is 29.6 Å². The normalized spacial score (nSPS) is 13.9. The third-order valence-electron chi connectivity index (χ3n) is 3.37. The molecule has 2 unspecified atom stereocenters. The van der Waals surface area contributed by atoms with Gasteiger partial charge in [-0.3, -0.25) is 4.89 Å². The van der Waals surface area contributed by atoms with Crippen LogP contribution in [0.4, 0.5) is 0 Å². The largest absolute Gasteiger partial charge is 0.473 e. The Bertz CT molecular complexity index is 418. The molecule has 0 fully saturated rings. The zero-order valence-corrected chi connectivity index (χ0v) is 15.0. The number of aliphatic carboxylic acids is 1. The Hall–Kier alpha value is -1.67. The van der Waals surface area contributed by atoms with Crippen molar-refractivity contribution in [2.24, 2.45) is 5.92 Å². The average molecular weight is 348 g/mol. The second kappa shape index (κ2) is 11.0. The lowest BCUT2D eigenvalue weighted by Gasteiger charge is -2.25. The van der Waals surface area contributed by atoms with Crippen molar-refractivity contribution in [3.05, 3.63) is 0 Å². The number of hydrogen-bond acceptors (Lipinski definition) is 7. The molecule has 0 aliphatic rings. The van der Waals surface area contributed by atoms with Crippen LogP contribution in [0.15, 0.2) is 0 Å². The van der Waals surface area contributed by atoms with E-state index >= 15 is 0 Å². The first-order valence-corrected chi connectivity index (χ1v) is 8.13. The molecule has 0 heterocycles. The van der Waals surface area contributed by atoms with Gasteiger partial charge in [-0.05, 0) is 38.7 Å². The summed E-state index contributed by atoms with van der Waals surface area (Å²) in [4.78, 5) is 42.9. The second-order valence-corrected chi connectivity index (χ2v) is 6.29. The summed E-state index contributed by atoms with van der Waals surface area (Å²) in [6.45, 7) is 8.71. The average Bonchev–Trinajstić information content (AvgIpc) is 2.46. The monoisotopic (exact) mass is 348 g/mol. The topological polar surface area (TPSA) is 108 Å². The number of carboxylic acid groups (broad SMARTS) is 1. The highest BCUT2D eigenvalue weighted by molar-refractivity contribution is 6.28. The summed E-state index contributed by atoms with van der Waals surface area (Å²) in [6, 6.07) is 0. The molecular formula is C16H28O8. The predicted molar refractivity (Wildman–Crippen MR) is 83.5 cm³/mol. The lowest BCUT2D eigenvalue weighted by Crippen LogP contribution is -2.33. The van der Waals surface area contributed by atoms with E-state index in [2.05, 4.69) is 9.93 Å². The molecule has 0 radical (unpaired) electrons. The quantitative estimate of drug-likeness (QED) is 0.263. The first-order valence-electron chi connectivity index (χ1n) is 8.13. The molecule has 1 N–H and O–H groups in total. The van der Waals surface area contributed by atoms with Crippen LogP contribution in [0.2, 0.25) is 0 Å². The van der Waals surface area contributed by atoms with Crippen molar-refractivity contribution in [3.63, 3.8) is 0 Å². The lowest BCUT2D eigenvalue weighted by atomic mass is 10.00. The Morgan fingerprint density at radius 2 is 1.79 bits per heavy atom. The molecule has 0 aromatic carbocycles. The van der Waals surface area contributed by atoms with E-state index in [0.29, 0.717) is 6.42 Å². The molecule has 0 aliphatic carbocycles. The highest BCUT2D eigenvalue weighted by Crippen LogP contribution is 2.20. The maximum atomic E-state index is 11.8. The van der Waals surface area contributed by atoms with Crippen molar-refractivity contribution in [2.45, 2.75) is 78.4 Å². The van der Waals surface area contributed by atoms with Crippen LogP contribution in [0.25, 0.3) is 0 Å². The minimum atomic E-state index is -1.66. The fraction of sp³-hybridized carbons (Fsp3) is 0.812. The number of unbranched alkanes of at least 4 members (excludes halogenated alkanes) is 1. The van der Waals surface area contributed by atoms with Crippen molar-refractivity contribution in [1.29, 1.82) is 0 Å². The minimum absolute atomic E-state index is 0.149. The maximum Gasteiger partial charge on any atom is 0.417 e. The van der Waals surface area contributed by atoms with E-state index in [0.717, 1.165) is 19.3 Å². The number of esters is 1. The zero-order chi connectivity index (χ0) is 18.8. The maximum absolute atomic E-state index is 11.8. The van der Waals surface area contributed by atoms with Crippen LogP contribution in [0, 0.1) is 5.92 Å². The summed E-state index contributed by atoms with van der Waals surface area (Å²) in [7, 11) is 0. The summed E-state index contributed by atoms with van der Waals surface area (Å²) >= 11 is 0. The van der Waals surface area contributed by atoms with Gasteiger partial charge in [0, 0.05) is 6.42 Å². The Labute approximate surface area is 142 Å². The fourth-order valence-corrected chi connectivity index (χ4v) is 2.15. The van der Waals surface area contributed by atoms with E-state index in [9.17, 15) is 14.4 Å². The van der Waals surface area contributed by atoms with E-state index in [4.69, 9.17) is 14.7 Å². The van der Waals surface area contributed by atoms with Gasteiger partial charge in [-0.2, -0.15) is 4.89 Å². The first-order chi connectivity index (χ1) is 11.1. The second-order valence-electron chi connectivity index (χ2n) is 6.29. The summed E-state index contributed by atoms with van der Waals surface area (Å²) in [5.41, 5.74) is -0.955. The highest BCUT2D eigenvalue weighted by Gasteiger charge is 2.28. The third kappa shape index (κ3) is 9.46. The summed E-state index contributed by atoms with van der Waals surface area (Å²) in [6.07, 6.45) is 2.72. The van der Waals surface area contributed by atoms with Crippen molar-refractivity contribution < 1.29 is 39.0 Å². The van der Waals surface area contributed by atoms with E-state index in [1.807, 2.05) is 13.8 Å². The molecule has 2 atom stereocenters. The van der Waals surface area contributed by atoms with Gasteiger partial charge in [0.2, 0.25) is 0 Å². The molecule has 0 saturated carbocycles. The molecule has 0 rings (SSSR count). The molecule has 0 aromatic heterocycles. The summed E-state index contributed by atoms with van der Waals surface area (Å²) < 4.78 is 4.69. The van der Waals surface area contributed by atoms with E-state index in [1.165, 1.54) is 6.92 Å². The van der Waals surface area contributed by atoms with Crippen LogP contribution in [-0.4, -0.2) is 34.7 Å². The molecule has 140 valence electrons. The van der Waals surface area contributed by atoms with E-state index in [1.54, 1.807) is 13.8 Å². The van der Waals surface area contributed by atoms with Gasteiger partial charge in [0.15, 0.2) is 0 Å². The van der Waals surface area contributed by atoms with Crippen molar-refractivity contribution in [2.75, 3.05) is 0 Å². The Morgan fingerprint density at radius 3 is 2.29 bits per heavy atom. The number of ether oxygens (including phenoxy) is 1. The number of hydrogen-bond donors (Lipinski definition) is 1. The lowest BCUT2D eigenvalue weighted by molar-refractivity contribution is -0.518. The predicted octanol–water partition coefficient (Wildman–Crippen LogP) is 2.79. The Kier molecular flexibility index (Phi) is 10.2. The van der Waals surface area contributed by atoms with Crippen molar-refractivity contribution in [1.82, 2.24) is 0 Å². The van der Waals surface area contributed by atoms with Crippen LogP contribution in [0.5, 0.6) is 0 Å². The SMILES string of the molecule is CCCCC(CC)C(=O)OOOC(C)(C)CC(C)OC(=O)C(=O)O. The molecule has 0 saturated heterocycles. The molecule has 0 amide bonds. The van der Waals surface area contributed by atoms with Gasteiger partial charge in [-0.25, -0.2) is 14.4 Å². The van der Waals surface area contributed by atoms with Crippen LogP contribution in [0.1, 0.15) is 66.7 Å². The number of rotatable bonds is 11. The van der Waals surface area contributed by atoms with Gasteiger partial charge in [-0.15, -0.1) is 0 Å². The van der Waals surface area contributed by atoms with E-state index in [-0.39, 0.29) is 12.3 Å². The summed E-state index contributed by atoms with van der Waals surface area (Å²) in [5, 5.41) is 13.1. The Balaban J connectivity index is 4.25. The van der Waals surface area contributed by atoms with Gasteiger partial charge < -0.3 is 9.84 Å². The van der Waals surface area contributed by atoms with Gasteiger partial charge >= 0.3 is 17.9 Å². The molecule has 0 bridgehead atoms. The van der Waals surface area contributed by atoms with Crippen LogP contribution < -0.4 is 0 Å². The highest BCUT2D eigenvalue weighted by atomic mass is 17.5. The number of carbonyl (C=O) groups excluding carboxylic acids is 2. The molecule has 0 spiro atoms. The van der Waals surface area contributed by atoms with Crippen LogP contribution in [0.3, 0.4) is 0 Å². The molecule has 8 nitrogen and oxygen atoms in total. The van der Waals surface area contributed by atoms with Crippen LogP contribution in [-0.2, 0) is 33.9 Å². The molecule has 0 aromatic rings. The smallest absolute Gasteiger partial charge is 0.417 e. The standard InChI is InChI=1S/C16H28O8/c1-6-8-9-12(7-2)14(19)22-24-23-16(4,5)10-11(3)21-15(20)13(17)18/h11-12H,6-10H2,1-5H3,(H,17,18).